The van der Waals surface area contributed by atoms with Crippen LogP contribution in [0.3, 0.4) is 0 Å². The zero-order valence-corrected chi connectivity index (χ0v) is 9.43. The molecule has 0 rings (SSSR count). The smallest absolute Gasteiger partial charge is 0.317 e. The number of nitrogens with zero attached hydrogens (tertiary/aromatic N) is 1. The Morgan fingerprint density at radius 3 is 1.69 bits per heavy atom. The Balaban J connectivity index is 0. The van der Waals surface area contributed by atoms with Gasteiger partial charge in [-0.05, 0) is 0 Å². The van der Waals surface area contributed by atoms with E-state index in [9.17, 15) is 9.59 Å². The van der Waals surface area contributed by atoms with Gasteiger partial charge in [0.25, 0.3) is 0 Å². The van der Waals surface area contributed by atoms with Gasteiger partial charge in [-0.3, -0.25) is 14.5 Å². The topological polar surface area (TPSA) is 98.1 Å². The van der Waals surface area contributed by atoms with Gasteiger partial charge in [-0.15, -0.1) is 0 Å². The van der Waals surface area contributed by atoms with Crippen LogP contribution in [0.5, 0.6) is 0 Å². The average Bonchev–Trinajstić information content (AvgIpc) is 1.84. The summed E-state index contributed by atoms with van der Waals surface area (Å²) in [6.45, 7) is -0.932. The van der Waals surface area contributed by atoms with Crippen LogP contribution < -0.4 is 0 Å². The number of aliphatic hydroxyl groups is 1. The van der Waals surface area contributed by atoms with Crippen molar-refractivity contribution < 1.29 is 24.9 Å². The molecule has 0 unspecified atom stereocenters. The summed E-state index contributed by atoms with van der Waals surface area (Å²) in [5.41, 5.74) is 0. The molecule has 3 N–H and O–H groups in total. The molecule has 0 heterocycles. The van der Waals surface area contributed by atoms with Gasteiger partial charge < -0.3 is 15.3 Å². The second kappa shape index (κ2) is 8.46. The Labute approximate surface area is 97.4 Å². The summed E-state index contributed by atoms with van der Waals surface area (Å²) in [4.78, 5) is 21.4. The monoisotopic (exact) mass is 200 g/mol. The zero-order valence-electron chi connectivity index (χ0n) is 7.43. The molecule has 0 aromatic rings. The molecule has 0 fully saturated rings. The Hall–Kier alpha value is -0.140. The van der Waals surface area contributed by atoms with Crippen molar-refractivity contribution in [2.24, 2.45) is 0 Å². The van der Waals surface area contributed by atoms with Gasteiger partial charge in [-0.1, -0.05) is 0 Å². The molecule has 0 aromatic carbocycles. The number of rotatable bonds is 6. The predicted molar refractivity (Wildman–Crippen MR) is 44.6 cm³/mol. The molecule has 7 heteroatoms. The molecule has 71 valence electrons. The molecule has 0 bridgehead atoms. The molecule has 0 atom stereocenters. The van der Waals surface area contributed by atoms with Crippen molar-refractivity contribution in [1.82, 2.24) is 4.90 Å². The summed E-state index contributed by atoms with van der Waals surface area (Å²) in [7, 11) is 0. The fraction of sp³-hybridized carbons (Fsp3) is 0.667. The van der Waals surface area contributed by atoms with Crippen LogP contribution in [-0.4, -0.2) is 88.0 Å². The van der Waals surface area contributed by atoms with Crippen molar-refractivity contribution in [3.8, 4) is 0 Å². The van der Waals surface area contributed by atoms with E-state index in [1.807, 2.05) is 0 Å². The number of aliphatic hydroxyl groups excluding tert-OH is 1. The normalized spacial score (nSPS) is 9.38. The molecule has 0 amide bonds. The van der Waals surface area contributed by atoms with E-state index in [4.69, 9.17) is 15.3 Å². The van der Waals surface area contributed by atoms with Gasteiger partial charge in [0.15, 0.2) is 0 Å². The molecular formula is C6H11NNaO5. The first-order valence-corrected chi connectivity index (χ1v) is 3.33. The van der Waals surface area contributed by atoms with Gasteiger partial charge in [0.2, 0.25) is 0 Å². The standard InChI is InChI=1S/C6H11NO5.Na/c8-2-1-7(3-5(9)10)4-6(11)12;/h8H,1-4H2,(H,9,10)(H,11,12);. The molecule has 6 nitrogen and oxygen atoms in total. The molecule has 0 spiro atoms. The number of carboxylic acid groups (broad SMARTS) is 2. The van der Waals surface area contributed by atoms with E-state index in [1.165, 1.54) is 0 Å². The maximum absolute atomic E-state index is 10.1. The molecule has 0 aliphatic carbocycles. The Bertz CT molecular complexity index is 158. The molecule has 0 aliphatic rings. The summed E-state index contributed by atoms with van der Waals surface area (Å²) in [5.74, 6) is -2.21. The molecule has 0 saturated heterocycles. The average molecular weight is 200 g/mol. The van der Waals surface area contributed by atoms with Crippen molar-refractivity contribution in [3.05, 3.63) is 0 Å². The van der Waals surface area contributed by atoms with Crippen LogP contribution in [0.25, 0.3) is 0 Å². The zero-order chi connectivity index (χ0) is 9.56. The van der Waals surface area contributed by atoms with Crippen LogP contribution >= 0.6 is 0 Å². The Morgan fingerprint density at radius 2 is 1.46 bits per heavy atom. The van der Waals surface area contributed by atoms with Crippen LogP contribution in [0, 0.1) is 0 Å². The molecule has 0 aliphatic heterocycles. The van der Waals surface area contributed by atoms with Crippen LogP contribution in [0.1, 0.15) is 0 Å². The van der Waals surface area contributed by atoms with E-state index >= 15 is 0 Å². The van der Waals surface area contributed by atoms with E-state index < -0.39 is 11.9 Å². The maximum atomic E-state index is 10.1. The summed E-state index contributed by atoms with van der Waals surface area (Å²) in [6.07, 6.45) is 0. The van der Waals surface area contributed by atoms with Gasteiger partial charge in [-0.2, -0.15) is 0 Å². The number of carboxylic acids is 2. The quantitative estimate of drug-likeness (QED) is 0.432. The molecule has 0 saturated carbocycles. The first kappa shape index (κ1) is 15.3. The van der Waals surface area contributed by atoms with Crippen molar-refractivity contribution >= 4 is 41.5 Å². The van der Waals surface area contributed by atoms with E-state index in [2.05, 4.69) is 0 Å². The van der Waals surface area contributed by atoms with Gasteiger partial charge in [-0.25, -0.2) is 0 Å². The largest absolute Gasteiger partial charge is 0.480 e. The first-order valence-electron chi connectivity index (χ1n) is 3.33. The third-order valence-electron chi connectivity index (χ3n) is 1.13. The van der Waals surface area contributed by atoms with Gasteiger partial charge in [0.1, 0.15) is 0 Å². The van der Waals surface area contributed by atoms with E-state index in [0.29, 0.717) is 0 Å². The summed E-state index contributed by atoms with van der Waals surface area (Å²) < 4.78 is 0. The second-order valence-electron chi connectivity index (χ2n) is 2.22. The third kappa shape index (κ3) is 9.78. The molecular weight excluding hydrogens is 189 g/mol. The molecule has 1 radical (unpaired) electrons. The van der Waals surface area contributed by atoms with Crippen molar-refractivity contribution in [1.29, 1.82) is 0 Å². The van der Waals surface area contributed by atoms with Gasteiger partial charge >= 0.3 is 11.9 Å². The Morgan fingerprint density at radius 1 is 1.08 bits per heavy atom. The minimum Gasteiger partial charge on any atom is -0.480 e. The second-order valence-corrected chi connectivity index (χ2v) is 2.22. The maximum Gasteiger partial charge on any atom is 0.317 e. The van der Waals surface area contributed by atoms with Gasteiger partial charge in [0, 0.05) is 36.1 Å². The van der Waals surface area contributed by atoms with Crippen molar-refractivity contribution in [2.75, 3.05) is 26.2 Å². The number of hydrogen-bond donors (Lipinski definition) is 3. The number of carbonyl (C=O) groups is 2. The van der Waals surface area contributed by atoms with E-state index in [1.54, 1.807) is 0 Å². The summed E-state index contributed by atoms with van der Waals surface area (Å²) >= 11 is 0. The summed E-state index contributed by atoms with van der Waals surface area (Å²) in [5, 5.41) is 25.0. The first-order chi connectivity index (χ1) is 5.56. The molecule has 0 aromatic heterocycles. The minimum absolute atomic E-state index is 0. The SMILES string of the molecule is O=C(O)CN(CCO)CC(=O)O.[Na]. The van der Waals surface area contributed by atoms with Crippen LogP contribution in [-0.2, 0) is 9.59 Å². The fourth-order valence-corrected chi connectivity index (χ4v) is 0.738. The predicted octanol–water partition coefficient (Wildman–Crippen LogP) is -1.93. The van der Waals surface area contributed by atoms with Crippen LogP contribution in [0.4, 0.5) is 0 Å². The van der Waals surface area contributed by atoms with Crippen LogP contribution in [0.2, 0.25) is 0 Å². The Kier molecular flexibility index (Phi) is 9.98. The summed E-state index contributed by atoms with van der Waals surface area (Å²) in [6, 6.07) is 0. The number of aliphatic carboxylic acids is 2. The fourth-order valence-electron chi connectivity index (χ4n) is 0.738. The molecule has 13 heavy (non-hydrogen) atoms. The van der Waals surface area contributed by atoms with E-state index in [0.717, 1.165) is 4.90 Å². The van der Waals surface area contributed by atoms with E-state index in [-0.39, 0.29) is 55.8 Å². The third-order valence-corrected chi connectivity index (χ3v) is 1.13. The number of hydrogen-bond acceptors (Lipinski definition) is 4. The minimum atomic E-state index is -1.11. The van der Waals surface area contributed by atoms with Gasteiger partial charge in [0.05, 0.1) is 19.7 Å². The van der Waals surface area contributed by atoms with Crippen molar-refractivity contribution in [2.45, 2.75) is 0 Å². The van der Waals surface area contributed by atoms with Crippen molar-refractivity contribution in [3.63, 3.8) is 0 Å². The van der Waals surface area contributed by atoms with Crippen LogP contribution in [0.15, 0.2) is 0 Å².